The Labute approximate surface area is 86.4 Å². The van der Waals surface area contributed by atoms with E-state index < -0.39 is 11.9 Å². The highest BCUT2D eigenvalue weighted by Crippen LogP contribution is 2.20. The Kier molecular flexibility index (Phi) is 3.28. The highest BCUT2D eigenvalue weighted by molar-refractivity contribution is 5.93. The Morgan fingerprint density at radius 2 is 2.00 bits per heavy atom. The second-order valence-electron chi connectivity index (χ2n) is 2.96. The van der Waals surface area contributed by atoms with Crippen LogP contribution in [0.1, 0.15) is 15.9 Å². The third-order valence-corrected chi connectivity index (χ3v) is 2.00. The highest BCUT2D eigenvalue weighted by atomic mass is 16.4. The van der Waals surface area contributed by atoms with E-state index in [2.05, 4.69) is 5.32 Å². The molecule has 0 atom stereocenters. The van der Waals surface area contributed by atoms with Crippen LogP contribution in [0.25, 0.3) is 0 Å². The number of rotatable bonds is 4. The average molecular weight is 209 g/mol. The molecule has 0 saturated heterocycles. The van der Waals surface area contributed by atoms with Gasteiger partial charge in [-0.2, -0.15) is 0 Å². The van der Waals surface area contributed by atoms with Crippen molar-refractivity contribution in [2.45, 2.75) is 6.42 Å². The summed E-state index contributed by atoms with van der Waals surface area (Å²) in [5, 5.41) is 20.3. The molecule has 1 aromatic rings. The maximum atomic E-state index is 10.9. The number of aromatic carboxylic acids is 1. The summed E-state index contributed by atoms with van der Waals surface area (Å²) in [4.78, 5) is 21.4. The van der Waals surface area contributed by atoms with Crippen molar-refractivity contribution in [3.63, 3.8) is 0 Å². The van der Waals surface area contributed by atoms with Crippen molar-refractivity contribution in [2.75, 3.05) is 12.4 Å². The molecule has 0 aromatic heterocycles. The van der Waals surface area contributed by atoms with Gasteiger partial charge in [0.15, 0.2) is 0 Å². The van der Waals surface area contributed by atoms with Gasteiger partial charge >= 0.3 is 11.9 Å². The van der Waals surface area contributed by atoms with Gasteiger partial charge in [-0.1, -0.05) is 6.07 Å². The summed E-state index contributed by atoms with van der Waals surface area (Å²) in [6, 6.07) is 4.60. The van der Waals surface area contributed by atoms with Crippen LogP contribution in [0.3, 0.4) is 0 Å². The van der Waals surface area contributed by atoms with Gasteiger partial charge in [-0.3, -0.25) is 4.79 Å². The summed E-state index contributed by atoms with van der Waals surface area (Å²) in [7, 11) is 1.62. The summed E-state index contributed by atoms with van der Waals surface area (Å²) in [6.07, 6.45) is -0.307. The van der Waals surface area contributed by atoms with E-state index in [9.17, 15) is 9.59 Å². The number of carboxylic acid groups (broad SMARTS) is 2. The third-order valence-electron chi connectivity index (χ3n) is 2.00. The zero-order chi connectivity index (χ0) is 11.4. The lowest BCUT2D eigenvalue weighted by molar-refractivity contribution is -0.136. The molecule has 0 fully saturated rings. The summed E-state index contributed by atoms with van der Waals surface area (Å²) >= 11 is 0. The minimum atomic E-state index is -1.12. The molecule has 15 heavy (non-hydrogen) atoms. The SMILES string of the molecule is CNc1cccc(C(=O)O)c1CC(=O)O. The van der Waals surface area contributed by atoms with Gasteiger partial charge < -0.3 is 15.5 Å². The van der Waals surface area contributed by atoms with Gasteiger partial charge in [0, 0.05) is 18.3 Å². The van der Waals surface area contributed by atoms with E-state index >= 15 is 0 Å². The normalized spacial score (nSPS) is 9.67. The van der Waals surface area contributed by atoms with Crippen molar-refractivity contribution in [2.24, 2.45) is 0 Å². The lowest BCUT2D eigenvalue weighted by atomic mass is 10.0. The lowest BCUT2D eigenvalue weighted by Gasteiger charge is -2.09. The molecule has 1 rings (SSSR count). The first-order chi connectivity index (χ1) is 7.06. The molecular formula is C10H11NO4. The molecule has 0 spiro atoms. The molecule has 5 nitrogen and oxygen atoms in total. The predicted molar refractivity (Wildman–Crippen MR) is 54.3 cm³/mol. The third kappa shape index (κ3) is 2.46. The molecule has 0 aliphatic heterocycles. The molecule has 0 heterocycles. The van der Waals surface area contributed by atoms with E-state index in [0.29, 0.717) is 11.3 Å². The summed E-state index contributed by atoms with van der Waals surface area (Å²) < 4.78 is 0. The summed E-state index contributed by atoms with van der Waals surface area (Å²) in [5.74, 6) is -2.18. The van der Waals surface area contributed by atoms with E-state index in [0.717, 1.165) is 0 Å². The van der Waals surface area contributed by atoms with Crippen LogP contribution in [0.5, 0.6) is 0 Å². The zero-order valence-electron chi connectivity index (χ0n) is 8.15. The molecule has 3 N–H and O–H groups in total. The number of aliphatic carboxylic acids is 1. The Bertz CT molecular complexity index is 400. The number of anilines is 1. The lowest BCUT2D eigenvalue weighted by Crippen LogP contribution is -2.10. The minimum absolute atomic E-state index is 0.0178. The molecule has 0 saturated carbocycles. The smallest absolute Gasteiger partial charge is 0.336 e. The standard InChI is InChI=1S/C10H11NO4/c1-11-8-4-2-3-6(10(14)15)7(8)5-9(12)13/h2-4,11H,5H2,1H3,(H,12,13)(H,14,15). The second kappa shape index (κ2) is 4.45. The molecule has 0 amide bonds. The number of carboxylic acids is 2. The summed E-state index contributed by atoms with van der Waals surface area (Å²) in [5.41, 5.74) is 0.835. The molecule has 5 heteroatoms. The number of carbonyl (C=O) groups is 2. The number of hydrogen-bond donors (Lipinski definition) is 3. The maximum Gasteiger partial charge on any atom is 0.336 e. The predicted octanol–water partition coefficient (Wildman–Crippen LogP) is 1.05. The van der Waals surface area contributed by atoms with Gasteiger partial charge in [0.05, 0.1) is 12.0 Å². The number of benzene rings is 1. The van der Waals surface area contributed by atoms with Gasteiger partial charge in [0.2, 0.25) is 0 Å². The minimum Gasteiger partial charge on any atom is -0.481 e. The van der Waals surface area contributed by atoms with Crippen molar-refractivity contribution < 1.29 is 19.8 Å². The molecular weight excluding hydrogens is 198 g/mol. The van der Waals surface area contributed by atoms with Crippen LogP contribution in [0, 0.1) is 0 Å². The molecule has 0 aliphatic rings. The molecule has 0 aliphatic carbocycles. The monoisotopic (exact) mass is 209 g/mol. The molecule has 0 radical (unpaired) electrons. The second-order valence-corrected chi connectivity index (χ2v) is 2.96. The van der Waals surface area contributed by atoms with Crippen LogP contribution in [0.15, 0.2) is 18.2 Å². The topological polar surface area (TPSA) is 86.6 Å². The average Bonchev–Trinajstić information content (AvgIpc) is 2.16. The van der Waals surface area contributed by atoms with E-state index in [1.165, 1.54) is 6.07 Å². The Hall–Kier alpha value is -2.04. The van der Waals surface area contributed by atoms with E-state index in [1.807, 2.05) is 0 Å². The van der Waals surface area contributed by atoms with Crippen molar-refractivity contribution in [3.05, 3.63) is 29.3 Å². The van der Waals surface area contributed by atoms with Crippen LogP contribution in [0.2, 0.25) is 0 Å². The molecule has 80 valence electrons. The van der Waals surface area contributed by atoms with Crippen molar-refractivity contribution in [1.82, 2.24) is 0 Å². The fourth-order valence-electron chi connectivity index (χ4n) is 1.36. The Morgan fingerprint density at radius 1 is 1.33 bits per heavy atom. The largest absolute Gasteiger partial charge is 0.481 e. The fourth-order valence-corrected chi connectivity index (χ4v) is 1.36. The van der Waals surface area contributed by atoms with E-state index in [-0.39, 0.29) is 12.0 Å². The molecule has 1 aromatic carbocycles. The molecule has 0 unspecified atom stereocenters. The van der Waals surface area contributed by atoms with Gasteiger partial charge in [-0.25, -0.2) is 4.79 Å². The van der Waals surface area contributed by atoms with Crippen LogP contribution < -0.4 is 5.32 Å². The van der Waals surface area contributed by atoms with Crippen LogP contribution in [-0.4, -0.2) is 29.2 Å². The maximum absolute atomic E-state index is 10.9. The van der Waals surface area contributed by atoms with Crippen molar-refractivity contribution in [3.8, 4) is 0 Å². The van der Waals surface area contributed by atoms with Crippen LogP contribution in [-0.2, 0) is 11.2 Å². The van der Waals surface area contributed by atoms with Crippen LogP contribution >= 0.6 is 0 Å². The molecule has 0 bridgehead atoms. The zero-order valence-corrected chi connectivity index (χ0v) is 8.15. The summed E-state index contributed by atoms with van der Waals surface area (Å²) in [6.45, 7) is 0. The number of hydrogen-bond acceptors (Lipinski definition) is 3. The van der Waals surface area contributed by atoms with Crippen LogP contribution in [0.4, 0.5) is 5.69 Å². The van der Waals surface area contributed by atoms with Crippen molar-refractivity contribution >= 4 is 17.6 Å². The first kappa shape index (κ1) is 11.0. The van der Waals surface area contributed by atoms with Gasteiger partial charge in [-0.15, -0.1) is 0 Å². The first-order valence-electron chi connectivity index (χ1n) is 4.31. The van der Waals surface area contributed by atoms with E-state index in [1.54, 1.807) is 19.2 Å². The van der Waals surface area contributed by atoms with Gasteiger partial charge in [-0.05, 0) is 12.1 Å². The Balaban J connectivity index is 3.26. The van der Waals surface area contributed by atoms with Gasteiger partial charge in [0.1, 0.15) is 0 Å². The first-order valence-corrected chi connectivity index (χ1v) is 4.31. The quantitative estimate of drug-likeness (QED) is 0.690. The van der Waals surface area contributed by atoms with Crippen molar-refractivity contribution in [1.29, 1.82) is 0 Å². The Morgan fingerprint density at radius 3 is 2.47 bits per heavy atom. The highest BCUT2D eigenvalue weighted by Gasteiger charge is 2.15. The van der Waals surface area contributed by atoms with Gasteiger partial charge in [0.25, 0.3) is 0 Å². The fraction of sp³-hybridized carbons (Fsp3) is 0.200. The number of nitrogens with one attached hydrogen (secondary N) is 1. The van der Waals surface area contributed by atoms with E-state index in [4.69, 9.17) is 10.2 Å².